The van der Waals surface area contributed by atoms with E-state index in [0.29, 0.717) is 23.6 Å². The fourth-order valence-electron chi connectivity index (χ4n) is 2.76. The number of nitrogens with zero attached hydrogens (tertiary/aromatic N) is 2. The van der Waals surface area contributed by atoms with Gasteiger partial charge in [-0.2, -0.15) is 13.2 Å². The average Bonchev–Trinajstić information content (AvgIpc) is 2.98. The molecule has 0 atom stereocenters. The highest BCUT2D eigenvalue weighted by Crippen LogP contribution is 2.29. The lowest BCUT2D eigenvalue weighted by molar-refractivity contribution is -0.137. The molecule has 0 spiro atoms. The highest BCUT2D eigenvalue weighted by Gasteiger charge is 2.31. The fraction of sp³-hybridized carbons (Fsp3) is 0.167. The van der Waals surface area contributed by atoms with Crippen molar-refractivity contribution in [2.75, 3.05) is 0 Å². The highest BCUT2D eigenvalue weighted by atomic mass is 19.4. The zero-order valence-electron chi connectivity index (χ0n) is 13.5. The predicted molar refractivity (Wildman–Crippen MR) is 87.2 cm³/mol. The van der Waals surface area contributed by atoms with Crippen LogP contribution in [-0.4, -0.2) is 26.4 Å². The predicted octanol–water partition coefficient (Wildman–Crippen LogP) is 4.00. The second-order valence-corrected chi connectivity index (χ2v) is 5.61. The Hall–Kier alpha value is -3.16. The number of rotatable bonds is 4. The van der Waals surface area contributed by atoms with Crippen LogP contribution in [0.1, 0.15) is 39.0 Å². The molecule has 2 aromatic heterocycles. The minimum absolute atomic E-state index is 0.0809. The van der Waals surface area contributed by atoms with Crippen LogP contribution in [0.5, 0.6) is 0 Å². The molecule has 3 rings (SSSR count). The number of carbonyl (C=O) groups is 2. The third-order valence-corrected chi connectivity index (χ3v) is 4.02. The topological polar surface area (TPSA) is 72.2 Å². The van der Waals surface area contributed by atoms with E-state index in [9.17, 15) is 22.8 Å². The third kappa shape index (κ3) is 3.05. The summed E-state index contributed by atoms with van der Waals surface area (Å²) in [5.41, 5.74) is -0.0763. The molecule has 1 N–H and O–H groups in total. The number of halogens is 3. The van der Waals surface area contributed by atoms with Gasteiger partial charge in [-0.05, 0) is 43.3 Å². The summed E-state index contributed by atoms with van der Waals surface area (Å²) in [6.07, 6.45) is -3.91. The molecule has 0 aliphatic heterocycles. The lowest BCUT2D eigenvalue weighted by Crippen LogP contribution is -2.12. The number of aryl methyl sites for hydroxylation is 1. The summed E-state index contributed by atoms with van der Waals surface area (Å²) in [5, 5.41) is 9.64. The van der Waals surface area contributed by atoms with E-state index in [4.69, 9.17) is 5.11 Å². The van der Waals surface area contributed by atoms with E-state index in [0.717, 1.165) is 12.1 Å². The van der Waals surface area contributed by atoms with Gasteiger partial charge in [0.15, 0.2) is 0 Å². The maximum Gasteiger partial charge on any atom is 0.417 e. The zero-order chi connectivity index (χ0) is 19.1. The minimum atomic E-state index is -4.53. The maximum absolute atomic E-state index is 12.7. The first-order chi connectivity index (χ1) is 12.2. The Kier molecular flexibility index (Phi) is 4.27. The second-order valence-electron chi connectivity index (χ2n) is 5.61. The molecule has 2 heterocycles. The van der Waals surface area contributed by atoms with Gasteiger partial charge in [0.25, 0.3) is 0 Å². The van der Waals surface area contributed by atoms with Crippen molar-refractivity contribution in [2.24, 2.45) is 0 Å². The van der Waals surface area contributed by atoms with Crippen molar-refractivity contribution in [3.63, 3.8) is 0 Å². The number of aromatic carboxylic acids is 1. The van der Waals surface area contributed by atoms with Crippen molar-refractivity contribution in [3.05, 3.63) is 65.1 Å². The van der Waals surface area contributed by atoms with Gasteiger partial charge in [-0.1, -0.05) is 0 Å². The van der Waals surface area contributed by atoms with Gasteiger partial charge < -0.3 is 9.67 Å². The molecule has 0 bridgehead atoms. The van der Waals surface area contributed by atoms with E-state index in [1.165, 1.54) is 18.2 Å². The van der Waals surface area contributed by atoms with E-state index in [2.05, 4.69) is 4.98 Å². The quantitative estimate of drug-likeness (QED) is 0.712. The highest BCUT2D eigenvalue weighted by molar-refractivity contribution is 6.09. The van der Waals surface area contributed by atoms with Gasteiger partial charge in [-0.15, -0.1) is 0 Å². The number of aromatic nitrogens is 2. The minimum Gasteiger partial charge on any atom is -0.478 e. The molecule has 0 unspecified atom stereocenters. The second kappa shape index (κ2) is 6.29. The summed E-state index contributed by atoms with van der Waals surface area (Å²) >= 11 is 0. The van der Waals surface area contributed by atoms with E-state index in [-0.39, 0.29) is 17.0 Å². The molecule has 0 saturated heterocycles. The monoisotopic (exact) mass is 362 g/mol. The molecular weight excluding hydrogens is 349 g/mol. The number of fused-ring (bicyclic) bond motifs is 1. The Bertz CT molecular complexity index is 1000. The number of pyridine rings is 1. The Morgan fingerprint density at radius 3 is 2.42 bits per heavy atom. The summed E-state index contributed by atoms with van der Waals surface area (Å²) in [7, 11) is 0. The summed E-state index contributed by atoms with van der Waals surface area (Å²) in [6, 6.07) is 7.83. The molecular formula is C18H13F3N2O3. The Morgan fingerprint density at radius 2 is 1.88 bits per heavy atom. The standard InChI is InChI=1S/C18H13F3N2O3/c1-2-23-14-6-3-10(17(25)26)7-11(14)8-15(23)16(24)13-5-4-12(9-22-13)18(19,20)21/h3-9H,2H2,1H3,(H,25,26). The van der Waals surface area contributed by atoms with Crippen LogP contribution >= 0.6 is 0 Å². The Labute approximate surface area is 145 Å². The van der Waals surface area contributed by atoms with Gasteiger partial charge in [0, 0.05) is 23.6 Å². The molecule has 0 amide bonds. The summed E-state index contributed by atoms with van der Waals surface area (Å²) in [5.74, 6) is -1.62. The van der Waals surface area contributed by atoms with Crippen molar-refractivity contribution in [1.29, 1.82) is 0 Å². The van der Waals surface area contributed by atoms with Gasteiger partial charge in [0.2, 0.25) is 5.78 Å². The molecule has 8 heteroatoms. The van der Waals surface area contributed by atoms with E-state index < -0.39 is 23.5 Å². The molecule has 1 aromatic carbocycles. The van der Waals surface area contributed by atoms with Crippen molar-refractivity contribution in [2.45, 2.75) is 19.6 Å². The molecule has 3 aromatic rings. The van der Waals surface area contributed by atoms with Crippen LogP contribution in [0.3, 0.4) is 0 Å². The maximum atomic E-state index is 12.7. The molecule has 26 heavy (non-hydrogen) atoms. The smallest absolute Gasteiger partial charge is 0.417 e. The van der Waals surface area contributed by atoms with Crippen LogP contribution in [0.2, 0.25) is 0 Å². The lowest BCUT2D eigenvalue weighted by Gasteiger charge is -2.08. The molecule has 5 nitrogen and oxygen atoms in total. The normalized spacial score (nSPS) is 11.7. The molecule has 134 valence electrons. The van der Waals surface area contributed by atoms with Gasteiger partial charge in [-0.3, -0.25) is 9.78 Å². The number of hydrogen-bond donors (Lipinski definition) is 1. The zero-order valence-corrected chi connectivity index (χ0v) is 13.5. The van der Waals surface area contributed by atoms with E-state index >= 15 is 0 Å². The lowest BCUT2D eigenvalue weighted by atomic mass is 10.1. The summed E-state index contributed by atoms with van der Waals surface area (Å²) in [4.78, 5) is 27.4. The number of carbonyl (C=O) groups excluding carboxylic acids is 1. The average molecular weight is 362 g/mol. The number of hydrogen-bond acceptors (Lipinski definition) is 3. The molecule has 0 radical (unpaired) electrons. The van der Waals surface area contributed by atoms with Crippen molar-refractivity contribution < 1.29 is 27.9 Å². The van der Waals surface area contributed by atoms with Crippen molar-refractivity contribution in [1.82, 2.24) is 9.55 Å². The molecule has 0 saturated carbocycles. The number of alkyl halides is 3. The van der Waals surface area contributed by atoms with E-state index in [1.807, 2.05) is 6.92 Å². The van der Waals surface area contributed by atoms with Crippen LogP contribution in [0.4, 0.5) is 13.2 Å². The summed E-state index contributed by atoms with van der Waals surface area (Å²) in [6.45, 7) is 2.24. The van der Waals surface area contributed by atoms with Crippen LogP contribution in [0.15, 0.2) is 42.6 Å². The first-order valence-corrected chi connectivity index (χ1v) is 7.67. The Balaban J connectivity index is 2.06. The Morgan fingerprint density at radius 1 is 1.15 bits per heavy atom. The van der Waals surface area contributed by atoms with Crippen LogP contribution in [0, 0.1) is 0 Å². The number of ketones is 1. The number of carboxylic acids is 1. The van der Waals surface area contributed by atoms with Crippen LogP contribution in [-0.2, 0) is 12.7 Å². The van der Waals surface area contributed by atoms with Crippen LogP contribution in [0.25, 0.3) is 10.9 Å². The largest absolute Gasteiger partial charge is 0.478 e. The van der Waals surface area contributed by atoms with Crippen LogP contribution < -0.4 is 0 Å². The SMILES string of the molecule is CCn1c(C(=O)c2ccc(C(F)(F)F)cn2)cc2cc(C(=O)O)ccc21. The molecule has 0 fully saturated rings. The van der Waals surface area contributed by atoms with Gasteiger partial charge in [0.1, 0.15) is 5.69 Å². The first-order valence-electron chi connectivity index (χ1n) is 7.67. The first kappa shape index (κ1) is 17.7. The third-order valence-electron chi connectivity index (χ3n) is 4.02. The van der Waals surface area contributed by atoms with E-state index in [1.54, 1.807) is 10.6 Å². The van der Waals surface area contributed by atoms with Crippen molar-refractivity contribution in [3.8, 4) is 0 Å². The number of benzene rings is 1. The number of carboxylic acid groups (broad SMARTS) is 1. The van der Waals surface area contributed by atoms with Gasteiger partial charge in [-0.25, -0.2) is 4.79 Å². The molecule has 0 aliphatic carbocycles. The van der Waals surface area contributed by atoms with Crippen molar-refractivity contribution >= 4 is 22.7 Å². The van der Waals surface area contributed by atoms with Gasteiger partial charge >= 0.3 is 12.1 Å². The summed E-state index contributed by atoms with van der Waals surface area (Å²) < 4.78 is 39.6. The fourth-order valence-corrected chi connectivity index (χ4v) is 2.76. The molecule has 0 aliphatic rings. The van der Waals surface area contributed by atoms with Gasteiger partial charge in [0.05, 0.1) is 16.8 Å².